The number of rotatable bonds is 5. The summed E-state index contributed by atoms with van der Waals surface area (Å²) in [6.45, 7) is 3.94. The Morgan fingerprint density at radius 3 is 2.69 bits per heavy atom. The van der Waals surface area contributed by atoms with Crippen LogP contribution in [0.5, 0.6) is 0 Å². The average Bonchev–Trinajstić information content (AvgIpc) is 2.57. The number of hydrogen-bond donors (Lipinski definition) is 3. The number of carbonyl (C=O) groups excluding carboxylic acids is 1. The van der Waals surface area contributed by atoms with Crippen molar-refractivity contribution >= 4 is 15.9 Å². The highest BCUT2D eigenvalue weighted by molar-refractivity contribution is 7.89. The van der Waals surface area contributed by atoms with E-state index >= 15 is 0 Å². The first-order valence-corrected chi connectivity index (χ1v) is 7.10. The first-order valence-electron chi connectivity index (χ1n) is 5.39. The van der Waals surface area contributed by atoms with Gasteiger partial charge < -0.3 is 10.6 Å². The van der Waals surface area contributed by atoms with Gasteiger partial charge in [0, 0.05) is 13.1 Å². The summed E-state index contributed by atoms with van der Waals surface area (Å²) in [6, 6.07) is 0. The molecule has 6 nitrogen and oxygen atoms in total. The van der Waals surface area contributed by atoms with E-state index in [1.54, 1.807) is 0 Å². The van der Waals surface area contributed by atoms with Crippen LogP contribution in [0.3, 0.4) is 0 Å². The number of carbonyl (C=O) groups is 1. The summed E-state index contributed by atoms with van der Waals surface area (Å²) in [5, 5.41) is 10.7. The second kappa shape index (κ2) is 5.60. The Hall–Kier alpha value is -0.660. The highest BCUT2D eigenvalue weighted by Crippen LogP contribution is 2.15. The van der Waals surface area contributed by atoms with Crippen LogP contribution in [-0.4, -0.2) is 39.7 Å². The summed E-state index contributed by atoms with van der Waals surface area (Å²) in [6.07, 6.45) is 0.360. The minimum absolute atomic E-state index is 0.00511. The topological polar surface area (TPSA) is 101 Å². The van der Waals surface area contributed by atoms with E-state index in [-0.39, 0.29) is 17.6 Å². The molecule has 1 amide bonds. The van der Waals surface area contributed by atoms with E-state index in [4.69, 9.17) is 5.14 Å². The molecule has 0 aromatic heterocycles. The van der Waals surface area contributed by atoms with Crippen molar-refractivity contribution < 1.29 is 13.2 Å². The highest BCUT2D eigenvalue weighted by Gasteiger charge is 2.28. The van der Waals surface area contributed by atoms with E-state index in [2.05, 4.69) is 10.6 Å². The lowest BCUT2D eigenvalue weighted by Crippen LogP contribution is -2.35. The SMILES string of the molecule is C[C@@H]1CNC[C@H]1C(=O)NCCCS(N)(=O)=O. The maximum atomic E-state index is 11.6. The third-order valence-corrected chi connectivity index (χ3v) is 3.62. The van der Waals surface area contributed by atoms with E-state index in [1.807, 2.05) is 6.92 Å². The first kappa shape index (κ1) is 13.4. The Labute approximate surface area is 96.0 Å². The van der Waals surface area contributed by atoms with Crippen molar-refractivity contribution in [1.82, 2.24) is 10.6 Å². The van der Waals surface area contributed by atoms with Crippen molar-refractivity contribution in [3.8, 4) is 0 Å². The van der Waals surface area contributed by atoms with Crippen LogP contribution in [0.15, 0.2) is 0 Å². The molecule has 0 radical (unpaired) electrons. The molecular weight excluding hydrogens is 230 g/mol. The number of nitrogens with one attached hydrogen (secondary N) is 2. The Morgan fingerprint density at radius 1 is 1.50 bits per heavy atom. The predicted molar refractivity (Wildman–Crippen MR) is 61.1 cm³/mol. The maximum absolute atomic E-state index is 11.6. The Morgan fingerprint density at radius 2 is 2.19 bits per heavy atom. The third-order valence-electron chi connectivity index (χ3n) is 2.76. The Balaban J connectivity index is 2.20. The summed E-state index contributed by atoms with van der Waals surface area (Å²) in [4.78, 5) is 11.6. The Bertz CT molecular complexity index is 342. The van der Waals surface area contributed by atoms with Gasteiger partial charge in [-0.05, 0) is 18.9 Å². The number of sulfonamides is 1. The van der Waals surface area contributed by atoms with Crippen molar-refractivity contribution in [1.29, 1.82) is 0 Å². The first-order chi connectivity index (χ1) is 7.40. The van der Waals surface area contributed by atoms with Crippen molar-refractivity contribution in [2.45, 2.75) is 13.3 Å². The van der Waals surface area contributed by atoms with Crippen molar-refractivity contribution in [3.05, 3.63) is 0 Å². The van der Waals surface area contributed by atoms with Gasteiger partial charge in [0.15, 0.2) is 0 Å². The molecule has 7 heteroatoms. The summed E-state index contributed by atoms with van der Waals surface area (Å²) in [5.41, 5.74) is 0. The van der Waals surface area contributed by atoms with Crippen molar-refractivity contribution in [2.75, 3.05) is 25.4 Å². The molecular formula is C9H19N3O3S. The van der Waals surface area contributed by atoms with Crippen molar-refractivity contribution in [2.24, 2.45) is 17.0 Å². The zero-order chi connectivity index (χ0) is 12.2. The van der Waals surface area contributed by atoms with E-state index < -0.39 is 10.0 Å². The molecule has 0 aromatic carbocycles. The molecule has 1 aliphatic heterocycles. The zero-order valence-electron chi connectivity index (χ0n) is 9.40. The molecule has 0 spiro atoms. The second-order valence-corrected chi connectivity index (χ2v) is 5.99. The van der Waals surface area contributed by atoms with Gasteiger partial charge in [-0.15, -0.1) is 0 Å². The molecule has 1 saturated heterocycles. The van der Waals surface area contributed by atoms with Crippen molar-refractivity contribution in [3.63, 3.8) is 0 Å². The number of primary sulfonamides is 1. The van der Waals surface area contributed by atoms with Gasteiger partial charge in [0.2, 0.25) is 15.9 Å². The largest absolute Gasteiger partial charge is 0.356 e. The molecule has 1 rings (SSSR count). The monoisotopic (exact) mass is 249 g/mol. The normalized spacial score (nSPS) is 25.6. The van der Waals surface area contributed by atoms with Crippen LogP contribution < -0.4 is 15.8 Å². The minimum atomic E-state index is -3.42. The third kappa shape index (κ3) is 4.46. The molecule has 1 heterocycles. The molecule has 0 aromatic rings. The lowest BCUT2D eigenvalue weighted by Gasteiger charge is -2.13. The molecule has 0 unspecified atom stereocenters. The smallest absolute Gasteiger partial charge is 0.224 e. The molecule has 1 fully saturated rings. The fourth-order valence-corrected chi connectivity index (χ4v) is 2.32. The lowest BCUT2D eigenvalue weighted by molar-refractivity contribution is -0.125. The summed E-state index contributed by atoms with van der Waals surface area (Å²) in [5.74, 6) is 0.228. The summed E-state index contributed by atoms with van der Waals surface area (Å²) in [7, 11) is -3.42. The predicted octanol–water partition coefficient (Wildman–Crippen LogP) is -1.36. The van der Waals surface area contributed by atoms with Gasteiger partial charge in [0.05, 0.1) is 11.7 Å². The van der Waals surface area contributed by atoms with Crippen LogP contribution in [0.4, 0.5) is 0 Å². The van der Waals surface area contributed by atoms with Crippen LogP contribution in [0.2, 0.25) is 0 Å². The molecule has 0 bridgehead atoms. The van der Waals surface area contributed by atoms with Gasteiger partial charge in [0.1, 0.15) is 0 Å². The van der Waals surface area contributed by atoms with Crippen LogP contribution in [0, 0.1) is 11.8 Å². The molecule has 2 atom stereocenters. The van der Waals surface area contributed by atoms with Crippen LogP contribution in [0.1, 0.15) is 13.3 Å². The standard InChI is InChI=1S/C9H19N3O3S/c1-7-5-11-6-8(7)9(13)12-3-2-4-16(10,14)15/h7-8,11H,2-6H2,1H3,(H,12,13)(H2,10,14,15)/t7-,8-/m1/s1. The number of hydrogen-bond acceptors (Lipinski definition) is 4. The van der Waals surface area contributed by atoms with Gasteiger partial charge in [-0.1, -0.05) is 6.92 Å². The minimum Gasteiger partial charge on any atom is -0.356 e. The molecule has 4 N–H and O–H groups in total. The van der Waals surface area contributed by atoms with E-state index in [9.17, 15) is 13.2 Å². The molecule has 16 heavy (non-hydrogen) atoms. The summed E-state index contributed by atoms with van der Waals surface area (Å²) < 4.78 is 21.3. The van der Waals surface area contributed by atoms with Gasteiger partial charge in [-0.25, -0.2) is 13.6 Å². The van der Waals surface area contributed by atoms with E-state index in [0.29, 0.717) is 25.4 Å². The van der Waals surface area contributed by atoms with Crippen LogP contribution in [-0.2, 0) is 14.8 Å². The molecule has 94 valence electrons. The Kier molecular flexibility index (Phi) is 4.69. The average molecular weight is 249 g/mol. The number of nitrogens with two attached hydrogens (primary N) is 1. The molecule has 0 aliphatic carbocycles. The second-order valence-electron chi connectivity index (χ2n) is 4.25. The van der Waals surface area contributed by atoms with Crippen LogP contribution >= 0.6 is 0 Å². The van der Waals surface area contributed by atoms with Gasteiger partial charge in [-0.3, -0.25) is 4.79 Å². The highest BCUT2D eigenvalue weighted by atomic mass is 32.2. The quantitative estimate of drug-likeness (QED) is 0.524. The fraction of sp³-hybridized carbons (Fsp3) is 0.889. The zero-order valence-corrected chi connectivity index (χ0v) is 10.2. The van der Waals surface area contributed by atoms with Gasteiger partial charge >= 0.3 is 0 Å². The maximum Gasteiger partial charge on any atom is 0.224 e. The molecule has 1 aliphatic rings. The number of amides is 1. The van der Waals surface area contributed by atoms with Crippen LogP contribution in [0.25, 0.3) is 0 Å². The molecule has 0 saturated carbocycles. The fourth-order valence-electron chi connectivity index (χ4n) is 1.78. The van der Waals surface area contributed by atoms with E-state index in [1.165, 1.54) is 0 Å². The van der Waals surface area contributed by atoms with Gasteiger partial charge in [-0.2, -0.15) is 0 Å². The summed E-state index contributed by atoms with van der Waals surface area (Å²) >= 11 is 0. The van der Waals surface area contributed by atoms with Gasteiger partial charge in [0.25, 0.3) is 0 Å². The lowest BCUT2D eigenvalue weighted by atomic mass is 9.97. The van der Waals surface area contributed by atoms with E-state index in [0.717, 1.165) is 6.54 Å².